The van der Waals surface area contributed by atoms with Crippen LogP contribution in [0.25, 0.3) is 11.1 Å². The molecule has 0 bridgehead atoms. The Kier molecular flexibility index (Phi) is 6.40. The van der Waals surface area contributed by atoms with Crippen LogP contribution in [-0.4, -0.2) is 35.7 Å². The molecule has 7 heteroatoms. The summed E-state index contributed by atoms with van der Waals surface area (Å²) in [6.07, 6.45) is -0.340. The molecule has 0 radical (unpaired) electrons. The number of nitrogens with one attached hydrogen (secondary N) is 2. The smallest absolute Gasteiger partial charge is 0.407 e. The van der Waals surface area contributed by atoms with Gasteiger partial charge in [-0.25, -0.2) is 9.59 Å². The maximum absolute atomic E-state index is 12.6. The maximum atomic E-state index is 12.6. The van der Waals surface area contributed by atoms with Gasteiger partial charge < -0.3 is 20.5 Å². The van der Waals surface area contributed by atoms with Crippen LogP contribution in [0.3, 0.4) is 0 Å². The molecule has 0 spiro atoms. The normalized spacial score (nSPS) is 12.9. The first kappa shape index (κ1) is 22.1. The minimum absolute atomic E-state index is 0.0605. The summed E-state index contributed by atoms with van der Waals surface area (Å²) < 4.78 is 5.52. The van der Waals surface area contributed by atoms with Crippen molar-refractivity contribution in [2.45, 2.75) is 25.3 Å². The van der Waals surface area contributed by atoms with Gasteiger partial charge >= 0.3 is 12.1 Å². The van der Waals surface area contributed by atoms with Crippen molar-refractivity contribution in [1.29, 1.82) is 0 Å². The van der Waals surface area contributed by atoms with Crippen LogP contribution in [0.2, 0.25) is 0 Å². The van der Waals surface area contributed by atoms with Gasteiger partial charge in [-0.05, 0) is 46.9 Å². The van der Waals surface area contributed by atoms with E-state index in [1.54, 1.807) is 19.1 Å². The predicted octanol–water partition coefficient (Wildman–Crippen LogP) is 4.64. The fourth-order valence-corrected chi connectivity index (χ4v) is 4.09. The van der Waals surface area contributed by atoms with Crippen LogP contribution in [-0.2, 0) is 9.53 Å². The summed E-state index contributed by atoms with van der Waals surface area (Å²) in [6.45, 7) is 1.92. The highest BCUT2D eigenvalue weighted by Gasteiger charge is 2.29. The van der Waals surface area contributed by atoms with Crippen molar-refractivity contribution in [3.63, 3.8) is 0 Å². The molecule has 1 aliphatic carbocycles. The molecule has 0 fully saturated rings. The van der Waals surface area contributed by atoms with E-state index >= 15 is 0 Å². The number of aromatic carboxylic acids is 1. The van der Waals surface area contributed by atoms with Crippen LogP contribution >= 0.6 is 0 Å². The standard InChI is InChI=1S/C26H24N2O5/c1-2-23(24(29)27-17-9-7-8-16(14-17)25(30)31)28-26(32)33-15-22-20-12-5-3-10-18(20)19-11-4-6-13-21(19)22/h3-14,22-23H,2,15H2,1H3,(H,27,29)(H,28,32)(H,30,31)/t23-/m1/s1. The Morgan fingerprint density at radius 3 is 2.18 bits per heavy atom. The van der Waals surface area contributed by atoms with E-state index in [9.17, 15) is 14.4 Å². The van der Waals surface area contributed by atoms with Crippen LogP contribution in [0.15, 0.2) is 72.8 Å². The fraction of sp³-hybridized carbons (Fsp3) is 0.192. The van der Waals surface area contributed by atoms with Crippen molar-refractivity contribution >= 4 is 23.7 Å². The van der Waals surface area contributed by atoms with E-state index in [4.69, 9.17) is 9.84 Å². The molecule has 1 atom stereocenters. The lowest BCUT2D eigenvalue weighted by Crippen LogP contribution is -2.43. The topological polar surface area (TPSA) is 105 Å². The summed E-state index contributed by atoms with van der Waals surface area (Å²) >= 11 is 0. The summed E-state index contributed by atoms with van der Waals surface area (Å²) in [7, 11) is 0. The van der Waals surface area contributed by atoms with Crippen LogP contribution < -0.4 is 10.6 Å². The van der Waals surface area contributed by atoms with Gasteiger partial charge in [0.25, 0.3) is 0 Å². The van der Waals surface area contributed by atoms with Gasteiger partial charge in [0.05, 0.1) is 5.56 Å². The number of hydrogen-bond donors (Lipinski definition) is 3. The van der Waals surface area contributed by atoms with Gasteiger partial charge in [-0.3, -0.25) is 4.79 Å². The largest absolute Gasteiger partial charge is 0.478 e. The lowest BCUT2D eigenvalue weighted by molar-refractivity contribution is -0.118. The molecule has 0 saturated heterocycles. The summed E-state index contributed by atoms with van der Waals surface area (Å²) in [5, 5.41) is 14.4. The number of amides is 2. The number of carboxylic acids is 1. The second-order valence-electron chi connectivity index (χ2n) is 7.81. The van der Waals surface area contributed by atoms with Gasteiger partial charge in [-0.15, -0.1) is 0 Å². The Balaban J connectivity index is 1.38. The molecule has 7 nitrogen and oxygen atoms in total. The van der Waals surface area contributed by atoms with Crippen LogP contribution in [0.5, 0.6) is 0 Å². The van der Waals surface area contributed by atoms with Crippen molar-refractivity contribution in [2.24, 2.45) is 0 Å². The molecular weight excluding hydrogens is 420 g/mol. The Bertz CT molecular complexity index is 1160. The number of fused-ring (bicyclic) bond motifs is 3. The molecule has 3 aromatic rings. The molecule has 0 aliphatic heterocycles. The molecule has 3 aromatic carbocycles. The summed E-state index contributed by atoms with van der Waals surface area (Å²) in [4.78, 5) is 36.2. The molecule has 1 aliphatic rings. The van der Waals surface area contributed by atoms with Crippen molar-refractivity contribution in [1.82, 2.24) is 5.32 Å². The lowest BCUT2D eigenvalue weighted by Gasteiger charge is -2.19. The van der Waals surface area contributed by atoms with Gasteiger partial charge in [0.15, 0.2) is 0 Å². The second kappa shape index (κ2) is 9.56. The summed E-state index contributed by atoms with van der Waals surface area (Å²) in [6, 6.07) is 21.2. The highest BCUT2D eigenvalue weighted by molar-refractivity contribution is 5.98. The van der Waals surface area contributed by atoms with Crippen molar-refractivity contribution < 1.29 is 24.2 Å². The predicted molar refractivity (Wildman–Crippen MR) is 124 cm³/mol. The Labute approximate surface area is 191 Å². The zero-order chi connectivity index (χ0) is 23.4. The Hall–Kier alpha value is -4.13. The fourth-order valence-electron chi connectivity index (χ4n) is 4.09. The van der Waals surface area contributed by atoms with Gasteiger partial charge in [0.1, 0.15) is 12.6 Å². The Morgan fingerprint density at radius 2 is 1.58 bits per heavy atom. The number of anilines is 1. The van der Waals surface area contributed by atoms with E-state index in [1.165, 1.54) is 12.1 Å². The molecule has 0 heterocycles. The summed E-state index contributed by atoms with van der Waals surface area (Å²) in [5.41, 5.74) is 4.88. The van der Waals surface area contributed by atoms with Crippen LogP contribution in [0, 0.1) is 0 Å². The van der Waals surface area contributed by atoms with E-state index in [0.29, 0.717) is 12.1 Å². The molecule has 0 unspecified atom stereocenters. The highest BCUT2D eigenvalue weighted by Crippen LogP contribution is 2.44. The number of hydrogen-bond acceptors (Lipinski definition) is 4. The average Bonchev–Trinajstić information content (AvgIpc) is 3.15. The van der Waals surface area contributed by atoms with E-state index in [1.807, 2.05) is 36.4 Å². The molecule has 3 N–H and O–H groups in total. The second-order valence-corrected chi connectivity index (χ2v) is 7.81. The first-order valence-electron chi connectivity index (χ1n) is 10.7. The molecule has 4 rings (SSSR count). The maximum Gasteiger partial charge on any atom is 0.407 e. The van der Waals surface area contributed by atoms with Gasteiger partial charge in [-0.2, -0.15) is 0 Å². The van der Waals surface area contributed by atoms with E-state index < -0.39 is 24.0 Å². The molecular formula is C26H24N2O5. The minimum atomic E-state index is -1.09. The lowest BCUT2D eigenvalue weighted by atomic mass is 9.98. The number of carboxylic acid groups (broad SMARTS) is 1. The summed E-state index contributed by atoms with van der Waals surface area (Å²) in [5.74, 6) is -1.61. The van der Waals surface area contributed by atoms with Crippen molar-refractivity contribution in [3.05, 3.63) is 89.5 Å². The van der Waals surface area contributed by atoms with Crippen molar-refractivity contribution in [3.8, 4) is 11.1 Å². The molecule has 2 amide bonds. The SMILES string of the molecule is CC[C@@H](NC(=O)OCC1c2ccccc2-c2ccccc21)C(=O)Nc1cccc(C(=O)O)c1. The quantitative estimate of drug-likeness (QED) is 0.492. The van der Waals surface area contributed by atoms with E-state index in [2.05, 4.69) is 22.8 Å². The zero-order valence-electron chi connectivity index (χ0n) is 18.1. The van der Waals surface area contributed by atoms with Crippen molar-refractivity contribution in [2.75, 3.05) is 11.9 Å². The third-order valence-electron chi connectivity index (χ3n) is 5.74. The van der Waals surface area contributed by atoms with Gasteiger partial charge in [0.2, 0.25) is 5.91 Å². The number of carbonyl (C=O) groups excluding carboxylic acids is 2. The molecule has 168 valence electrons. The number of benzene rings is 3. The number of carbonyl (C=O) groups is 3. The molecule has 33 heavy (non-hydrogen) atoms. The van der Waals surface area contributed by atoms with E-state index in [0.717, 1.165) is 22.3 Å². The highest BCUT2D eigenvalue weighted by atomic mass is 16.5. The first-order valence-corrected chi connectivity index (χ1v) is 10.7. The van der Waals surface area contributed by atoms with Crippen LogP contribution in [0.4, 0.5) is 10.5 Å². The van der Waals surface area contributed by atoms with Gasteiger partial charge in [0, 0.05) is 11.6 Å². The van der Waals surface area contributed by atoms with Gasteiger partial charge in [-0.1, -0.05) is 61.5 Å². The molecule has 0 saturated carbocycles. The third kappa shape index (κ3) is 4.72. The number of rotatable bonds is 7. The number of alkyl carbamates (subject to hydrolysis) is 1. The monoisotopic (exact) mass is 444 g/mol. The third-order valence-corrected chi connectivity index (χ3v) is 5.74. The van der Waals surface area contributed by atoms with Crippen LogP contribution in [0.1, 0.15) is 40.7 Å². The first-order chi connectivity index (χ1) is 16.0. The Morgan fingerprint density at radius 1 is 0.939 bits per heavy atom. The minimum Gasteiger partial charge on any atom is -0.478 e. The molecule has 0 aromatic heterocycles. The van der Waals surface area contributed by atoms with E-state index in [-0.39, 0.29) is 18.1 Å². The number of ether oxygens (including phenoxy) is 1. The zero-order valence-corrected chi connectivity index (χ0v) is 18.1. The average molecular weight is 444 g/mol.